The first-order valence-corrected chi connectivity index (χ1v) is 10.1. The lowest BCUT2D eigenvalue weighted by Gasteiger charge is -2.26. The maximum Gasteiger partial charge on any atom is 0.161 e. The van der Waals surface area contributed by atoms with Crippen LogP contribution in [-0.2, 0) is 6.54 Å². The summed E-state index contributed by atoms with van der Waals surface area (Å²) in [5.74, 6) is 1.39. The number of pyridine rings is 1. The number of rotatable bonds is 4. The molecule has 2 aliphatic rings. The van der Waals surface area contributed by atoms with Crippen LogP contribution in [0.2, 0.25) is 0 Å². The second kappa shape index (κ2) is 7.84. The van der Waals surface area contributed by atoms with Crippen LogP contribution < -0.4 is 9.47 Å². The summed E-state index contributed by atoms with van der Waals surface area (Å²) in [4.78, 5) is 6.69. The van der Waals surface area contributed by atoms with Crippen molar-refractivity contribution in [1.82, 2.24) is 9.88 Å². The zero-order chi connectivity index (χ0) is 19.6. The van der Waals surface area contributed by atoms with Gasteiger partial charge in [0.25, 0.3) is 0 Å². The fourth-order valence-corrected chi connectivity index (χ4v) is 4.22. The van der Waals surface area contributed by atoms with Crippen molar-refractivity contribution >= 4 is 0 Å². The molecule has 5 heteroatoms. The molecule has 0 unspecified atom stereocenters. The summed E-state index contributed by atoms with van der Waals surface area (Å²) in [5.41, 5.74) is 4.34. The standard InChI is InChI=1S/C24H23FN2O2/c25-20-8-9-21(26-15-20)18-5-3-17(4-6-18)16-27-11-1-2-22(27)19-7-10-23-24(14-19)29-13-12-28-23/h3-10,14-15,22H,1-2,11-13,16H2/t22-/m1/s1. The predicted octanol–water partition coefficient (Wildman–Crippen LogP) is 5.00. The molecule has 0 saturated carbocycles. The van der Waals surface area contributed by atoms with E-state index in [0.717, 1.165) is 42.3 Å². The van der Waals surface area contributed by atoms with Crippen LogP contribution in [0.15, 0.2) is 60.8 Å². The Labute approximate surface area is 169 Å². The number of hydrogen-bond donors (Lipinski definition) is 0. The van der Waals surface area contributed by atoms with E-state index < -0.39 is 0 Å². The number of halogens is 1. The second-order valence-corrected chi connectivity index (χ2v) is 7.59. The van der Waals surface area contributed by atoms with Gasteiger partial charge in [0.05, 0.1) is 11.9 Å². The molecule has 148 valence electrons. The van der Waals surface area contributed by atoms with Crippen molar-refractivity contribution in [2.45, 2.75) is 25.4 Å². The third kappa shape index (κ3) is 3.83. The number of likely N-dealkylation sites (tertiary alicyclic amines) is 1. The highest BCUT2D eigenvalue weighted by Gasteiger charge is 2.27. The van der Waals surface area contributed by atoms with E-state index in [9.17, 15) is 4.39 Å². The largest absolute Gasteiger partial charge is 0.486 e. The Bertz CT molecular complexity index is 989. The van der Waals surface area contributed by atoms with E-state index in [4.69, 9.17) is 9.47 Å². The van der Waals surface area contributed by atoms with Crippen LogP contribution in [0.25, 0.3) is 11.3 Å². The lowest BCUT2D eigenvalue weighted by molar-refractivity contribution is 0.170. The first-order valence-electron chi connectivity index (χ1n) is 10.1. The van der Waals surface area contributed by atoms with Gasteiger partial charge >= 0.3 is 0 Å². The van der Waals surface area contributed by atoms with Gasteiger partial charge in [-0.05, 0) is 54.8 Å². The molecule has 0 spiro atoms. The predicted molar refractivity (Wildman–Crippen MR) is 109 cm³/mol. The highest BCUT2D eigenvalue weighted by molar-refractivity contribution is 5.59. The van der Waals surface area contributed by atoms with Gasteiger partial charge in [-0.25, -0.2) is 4.39 Å². The van der Waals surface area contributed by atoms with Gasteiger partial charge in [0.1, 0.15) is 19.0 Å². The maximum absolute atomic E-state index is 13.1. The normalized spacial score (nSPS) is 18.7. The molecule has 1 atom stereocenters. The van der Waals surface area contributed by atoms with E-state index in [1.165, 1.54) is 29.8 Å². The molecule has 0 bridgehead atoms. The van der Waals surface area contributed by atoms with Crippen LogP contribution in [0, 0.1) is 5.82 Å². The van der Waals surface area contributed by atoms with Gasteiger partial charge in [0.15, 0.2) is 11.5 Å². The summed E-state index contributed by atoms with van der Waals surface area (Å²) < 4.78 is 24.5. The minimum Gasteiger partial charge on any atom is -0.486 e. The zero-order valence-electron chi connectivity index (χ0n) is 16.2. The molecule has 0 N–H and O–H groups in total. The highest BCUT2D eigenvalue weighted by atomic mass is 19.1. The summed E-state index contributed by atoms with van der Waals surface area (Å²) in [6.07, 6.45) is 3.60. The minimum atomic E-state index is -0.315. The van der Waals surface area contributed by atoms with Gasteiger partial charge in [-0.1, -0.05) is 30.3 Å². The van der Waals surface area contributed by atoms with Gasteiger partial charge in [0, 0.05) is 18.2 Å². The average molecular weight is 390 g/mol. The summed E-state index contributed by atoms with van der Waals surface area (Å²) in [5, 5.41) is 0. The Morgan fingerprint density at radius 1 is 0.966 bits per heavy atom. The van der Waals surface area contributed by atoms with Gasteiger partial charge in [-0.15, -0.1) is 0 Å². The van der Waals surface area contributed by atoms with E-state index in [1.54, 1.807) is 6.07 Å². The van der Waals surface area contributed by atoms with Crippen molar-refractivity contribution in [3.8, 4) is 22.8 Å². The molecular formula is C24H23FN2O2. The van der Waals surface area contributed by atoms with Crippen LogP contribution in [0.5, 0.6) is 11.5 Å². The van der Waals surface area contributed by atoms with Crippen LogP contribution in [0.4, 0.5) is 4.39 Å². The van der Waals surface area contributed by atoms with Crippen molar-refractivity contribution in [3.63, 3.8) is 0 Å². The van der Waals surface area contributed by atoms with E-state index in [2.05, 4.69) is 46.3 Å². The summed E-state index contributed by atoms with van der Waals surface area (Å²) in [7, 11) is 0. The zero-order valence-corrected chi connectivity index (χ0v) is 16.2. The van der Waals surface area contributed by atoms with Crippen molar-refractivity contribution in [2.24, 2.45) is 0 Å². The molecule has 0 amide bonds. The molecule has 0 radical (unpaired) electrons. The van der Waals surface area contributed by atoms with Crippen molar-refractivity contribution in [2.75, 3.05) is 19.8 Å². The van der Waals surface area contributed by atoms with Crippen LogP contribution in [0.1, 0.15) is 30.0 Å². The quantitative estimate of drug-likeness (QED) is 0.628. The maximum atomic E-state index is 13.1. The molecule has 4 nitrogen and oxygen atoms in total. The van der Waals surface area contributed by atoms with Crippen LogP contribution >= 0.6 is 0 Å². The summed E-state index contributed by atoms with van der Waals surface area (Å²) in [6, 6.07) is 18.3. The monoisotopic (exact) mass is 390 g/mol. The molecule has 0 aliphatic carbocycles. The number of nitrogens with zero attached hydrogens (tertiary/aromatic N) is 2. The topological polar surface area (TPSA) is 34.6 Å². The third-order valence-electron chi connectivity index (χ3n) is 5.68. The lowest BCUT2D eigenvalue weighted by Crippen LogP contribution is -2.23. The van der Waals surface area contributed by atoms with Gasteiger partial charge < -0.3 is 9.47 Å². The van der Waals surface area contributed by atoms with Crippen LogP contribution in [0.3, 0.4) is 0 Å². The van der Waals surface area contributed by atoms with E-state index >= 15 is 0 Å². The number of fused-ring (bicyclic) bond motifs is 1. The highest BCUT2D eigenvalue weighted by Crippen LogP contribution is 2.38. The number of hydrogen-bond acceptors (Lipinski definition) is 4. The Kier molecular flexibility index (Phi) is 4.90. The van der Waals surface area contributed by atoms with E-state index in [0.29, 0.717) is 19.3 Å². The Balaban J connectivity index is 1.31. The molecule has 29 heavy (non-hydrogen) atoms. The van der Waals surface area contributed by atoms with Gasteiger partial charge in [0.2, 0.25) is 0 Å². The smallest absolute Gasteiger partial charge is 0.161 e. The third-order valence-corrected chi connectivity index (χ3v) is 5.68. The molecule has 5 rings (SSSR count). The van der Waals surface area contributed by atoms with Crippen molar-refractivity contribution < 1.29 is 13.9 Å². The first-order chi connectivity index (χ1) is 14.3. The van der Waals surface area contributed by atoms with Crippen molar-refractivity contribution in [1.29, 1.82) is 0 Å². The Morgan fingerprint density at radius 3 is 2.59 bits per heavy atom. The SMILES string of the molecule is Fc1ccc(-c2ccc(CN3CCC[C@@H]3c3ccc4c(c3)OCCO4)cc2)nc1. The molecule has 2 aromatic carbocycles. The lowest BCUT2D eigenvalue weighted by atomic mass is 10.0. The molecule has 1 saturated heterocycles. The summed E-state index contributed by atoms with van der Waals surface area (Å²) in [6.45, 7) is 3.21. The number of benzene rings is 2. The molecule has 2 aliphatic heterocycles. The first kappa shape index (κ1) is 18.1. The molecule has 3 aromatic rings. The fraction of sp³-hybridized carbons (Fsp3) is 0.292. The van der Waals surface area contributed by atoms with Crippen molar-refractivity contribution in [3.05, 3.63) is 77.7 Å². The van der Waals surface area contributed by atoms with Crippen LogP contribution in [-0.4, -0.2) is 29.6 Å². The molecule has 1 aromatic heterocycles. The van der Waals surface area contributed by atoms with E-state index in [-0.39, 0.29) is 5.82 Å². The fourth-order valence-electron chi connectivity index (χ4n) is 4.22. The molecule has 1 fully saturated rings. The van der Waals surface area contributed by atoms with Gasteiger partial charge in [-0.3, -0.25) is 9.88 Å². The Morgan fingerprint density at radius 2 is 1.79 bits per heavy atom. The molecular weight excluding hydrogens is 367 g/mol. The summed E-state index contributed by atoms with van der Waals surface area (Å²) >= 11 is 0. The molecule has 3 heterocycles. The van der Waals surface area contributed by atoms with E-state index in [1.807, 2.05) is 6.07 Å². The van der Waals surface area contributed by atoms with Gasteiger partial charge in [-0.2, -0.15) is 0 Å². The average Bonchev–Trinajstić information content (AvgIpc) is 3.23. The Hall–Kier alpha value is -2.92. The number of ether oxygens (including phenoxy) is 2. The number of aromatic nitrogens is 1. The second-order valence-electron chi connectivity index (χ2n) is 7.59. The minimum absolute atomic E-state index is 0.315.